The van der Waals surface area contributed by atoms with Crippen molar-refractivity contribution < 1.29 is 19.1 Å². The van der Waals surface area contributed by atoms with E-state index in [0.29, 0.717) is 24.1 Å². The molecule has 0 bridgehead atoms. The van der Waals surface area contributed by atoms with Crippen LogP contribution in [0.15, 0.2) is 24.3 Å². The third-order valence-electron chi connectivity index (χ3n) is 4.53. The van der Waals surface area contributed by atoms with E-state index in [-0.39, 0.29) is 30.6 Å². The Morgan fingerprint density at radius 1 is 1.15 bits per heavy atom. The number of amides is 3. The number of anilines is 1. The number of urea groups is 1. The van der Waals surface area contributed by atoms with Crippen LogP contribution in [-0.2, 0) is 9.53 Å². The minimum absolute atomic E-state index is 0.00668. The lowest BCUT2D eigenvalue weighted by Gasteiger charge is -2.35. The summed E-state index contributed by atoms with van der Waals surface area (Å²) < 4.78 is 5.22. The Kier molecular flexibility index (Phi) is 7.21. The first kappa shape index (κ1) is 20.7. The van der Waals surface area contributed by atoms with E-state index in [1.165, 1.54) is 0 Å². The van der Waals surface area contributed by atoms with Gasteiger partial charge in [0.2, 0.25) is 0 Å². The molecule has 0 saturated heterocycles. The molecule has 0 aromatic heterocycles. The highest BCUT2D eigenvalue weighted by Crippen LogP contribution is 2.30. The molecule has 148 valence electrons. The SMILES string of the molecule is CCOC(=O)C1(NC(=O)c2cccc(NC(=O)NC(C)C)c2)CCCCC1. The van der Waals surface area contributed by atoms with Crippen molar-refractivity contribution in [3.8, 4) is 0 Å². The van der Waals surface area contributed by atoms with Crippen molar-refractivity contribution in [1.29, 1.82) is 0 Å². The highest BCUT2D eigenvalue weighted by Gasteiger charge is 2.42. The zero-order chi connectivity index (χ0) is 19.9. The number of esters is 1. The van der Waals surface area contributed by atoms with Crippen LogP contribution in [0.4, 0.5) is 10.5 Å². The first-order valence-electron chi connectivity index (χ1n) is 9.53. The molecule has 0 spiro atoms. The van der Waals surface area contributed by atoms with Gasteiger partial charge in [0.25, 0.3) is 5.91 Å². The molecule has 7 nitrogen and oxygen atoms in total. The standard InChI is InChI=1S/C20H29N3O4/c1-4-27-18(25)20(11-6-5-7-12-20)23-17(24)15-9-8-10-16(13-15)22-19(26)21-14(2)3/h8-10,13-14H,4-7,11-12H2,1-3H3,(H,23,24)(H2,21,22,26). The first-order valence-corrected chi connectivity index (χ1v) is 9.53. The van der Waals surface area contributed by atoms with Crippen LogP contribution in [0, 0.1) is 0 Å². The molecule has 1 saturated carbocycles. The number of carbonyl (C=O) groups excluding carboxylic acids is 3. The highest BCUT2D eigenvalue weighted by atomic mass is 16.5. The van der Waals surface area contributed by atoms with Crippen molar-refractivity contribution >= 4 is 23.6 Å². The summed E-state index contributed by atoms with van der Waals surface area (Å²) in [6, 6.07) is 6.32. The van der Waals surface area contributed by atoms with Gasteiger partial charge in [0.05, 0.1) is 6.61 Å². The normalized spacial score (nSPS) is 15.7. The molecule has 0 unspecified atom stereocenters. The van der Waals surface area contributed by atoms with Gasteiger partial charge >= 0.3 is 12.0 Å². The van der Waals surface area contributed by atoms with E-state index in [4.69, 9.17) is 4.74 Å². The Bertz CT molecular complexity index is 682. The minimum atomic E-state index is -0.968. The van der Waals surface area contributed by atoms with Crippen LogP contribution < -0.4 is 16.0 Å². The Hall–Kier alpha value is -2.57. The fourth-order valence-corrected chi connectivity index (χ4v) is 3.26. The second kappa shape index (κ2) is 9.39. The van der Waals surface area contributed by atoms with Gasteiger partial charge in [-0.2, -0.15) is 0 Å². The molecule has 1 aliphatic carbocycles. The molecule has 0 atom stereocenters. The van der Waals surface area contributed by atoms with Gasteiger partial charge in [-0.3, -0.25) is 4.79 Å². The number of hydrogen-bond acceptors (Lipinski definition) is 4. The van der Waals surface area contributed by atoms with Gasteiger partial charge in [-0.25, -0.2) is 9.59 Å². The number of benzene rings is 1. The summed E-state index contributed by atoms with van der Waals surface area (Å²) in [5.74, 6) is -0.721. The Morgan fingerprint density at radius 2 is 1.85 bits per heavy atom. The van der Waals surface area contributed by atoms with Crippen LogP contribution in [0.2, 0.25) is 0 Å². The summed E-state index contributed by atoms with van der Waals surface area (Å²) in [7, 11) is 0. The van der Waals surface area contributed by atoms with Crippen molar-refractivity contribution in [1.82, 2.24) is 10.6 Å². The quantitative estimate of drug-likeness (QED) is 0.665. The fraction of sp³-hybridized carbons (Fsp3) is 0.550. The fourth-order valence-electron chi connectivity index (χ4n) is 3.26. The predicted molar refractivity (Wildman–Crippen MR) is 104 cm³/mol. The summed E-state index contributed by atoms with van der Waals surface area (Å²) in [5.41, 5.74) is -0.0784. The maximum Gasteiger partial charge on any atom is 0.331 e. The molecule has 0 aliphatic heterocycles. The van der Waals surface area contributed by atoms with Crippen LogP contribution in [0.1, 0.15) is 63.2 Å². The van der Waals surface area contributed by atoms with E-state index in [2.05, 4.69) is 16.0 Å². The second-order valence-electron chi connectivity index (χ2n) is 7.15. The van der Waals surface area contributed by atoms with Gasteiger partial charge in [0, 0.05) is 17.3 Å². The molecule has 1 aromatic carbocycles. The van der Waals surface area contributed by atoms with Crippen LogP contribution >= 0.6 is 0 Å². The van der Waals surface area contributed by atoms with Gasteiger partial charge < -0.3 is 20.7 Å². The molecular formula is C20H29N3O4. The highest BCUT2D eigenvalue weighted by molar-refractivity contribution is 5.99. The molecule has 2 rings (SSSR count). The van der Waals surface area contributed by atoms with Crippen molar-refractivity contribution in [2.75, 3.05) is 11.9 Å². The van der Waals surface area contributed by atoms with Crippen LogP contribution in [-0.4, -0.2) is 36.1 Å². The van der Waals surface area contributed by atoms with E-state index in [1.807, 2.05) is 13.8 Å². The number of rotatable bonds is 6. The van der Waals surface area contributed by atoms with E-state index in [0.717, 1.165) is 19.3 Å². The molecule has 1 fully saturated rings. The van der Waals surface area contributed by atoms with Gasteiger partial charge in [0.1, 0.15) is 5.54 Å². The number of ether oxygens (including phenoxy) is 1. The molecule has 3 amide bonds. The maximum atomic E-state index is 12.8. The Labute approximate surface area is 160 Å². The molecule has 3 N–H and O–H groups in total. The second-order valence-corrected chi connectivity index (χ2v) is 7.15. The number of hydrogen-bond donors (Lipinski definition) is 3. The van der Waals surface area contributed by atoms with Crippen molar-refractivity contribution in [2.24, 2.45) is 0 Å². The number of carbonyl (C=O) groups is 3. The van der Waals surface area contributed by atoms with Crippen molar-refractivity contribution in [3.63, 3.8) is 0 Å². The molecule has 0 radical (unpaired) electrons. The summed E-state index contributed by atoms with van der Waals surface area (Å²) in [5, 5.41) is 8.34. The largest absolute Gasteiger partial charge is 0.464 e. The maximum absolute atomic E-state index is 12.8. The molecular weight excluding hydrogens is 346 g/mol. The van der Waals surface area contributed by atoms with Gasteiger partial charge in [-0.05, 0) is 51.8 Å². The lowest BCUT2D eigenvalue weighted by molar-refractivity contribution is -0.152. The lowest BCUT2D eigenvalue weighted by Crippen LogP contribution is -2.56. The molecule has 7 heteroatoms. The topological polar surface area (TPSA) is 96.5 Å². The van der Waals surface area contributed by atoms with E-state index in [9.17, 15) is 14.4 Å². The van der Waals surface area contributed by atoms with Crippen LogP contribution in [0.5, 0.6) is 0 Å². The zero-order valence-corrected chi connectivity index (χ0v) is 16.3. The average molecular weight is 375 g/mol. The van der Waals surface area contributed by atoms with Crippen LogP contribution in [0.3, 0.4) is 0 Å². The molecule has 0 heterocycles. The van der Waals surface area contributed by atoms with E-state index < -0.39 is 5.54 Å². The van der Waals surface area contributed by atoms with Crippen molar-refractivity contribution in [3.05, 3.63) is 29.8 Å². The summed E-state index contributed by atoms with van der Waals surface area (Å²) in [4.78, 5) is 37.1. The monoisotopic (exact) mass is 375 g/mol. The third-order valence-corrected chi connectivity index (χ3v) is 4.53. The zero-order valence-electron chi connectivity index (χ0n) is 16.3. The van der Waals surface area contributed by atoms with Crippen molar-refractivity contribution in [2.45, 2.75) is 64.5 Å². The van der Waals surface area contributed by atoms with Crippen LogP contribution in [0.25, 0.3) is 0 Å². The third kappa shape index (κ3) is 5.70. The predicted octanol–water partition coefficient (Wildman–Crippen LogP) is 3.21. The van der Waals surface area contributed by atoms with Gasteiger partial charge in [-0.1, -0.05) is 25.3 Å². The average Bonchev–Trinajstić information content (AvgIpc) is 2.62. The summed E-state index contributed by atoms with van der Waals surface area (Å²) >= 11 is 0. The molecule has 1 aromatic rings. The first-order chi connectivity index (χ1) is 12.9. The Morgan fingerprint density at radius 3 is 2.48 bits per heavy atom. The number of nitrogens with one attached hydrogen (secondary N) is 3. The molecule has 1 aliphatic rings. The van der Waals surface area contributed by atoms with E-state index in [1.54, 1.807) is 31.2 Å². The lowest BCUT2D eigenvalue weighted by atomic mass is 9.81. The minimum Gasteiger partial charge on any atom is -0.464 e. The smallest absolute Gasteiger partial charge is 0.331 e. The van der Waals surface area contributed by atoms with Gasteiger partial charge in [-0.15, -0.1) is 0 Å². The summed E-state index contributed by atoms with van der Waals surface area (Å²) in [6.07, 6.45) is 3.94. The summed E-state index contributed by atoms with van der Waals surface area (Å²) in [6.45, 7) is 5.76. The Balaban J connectivity index is 2.12. The van der Waals surface area contributed by atoms with Gasteiger partial charge in [0.15, 0.2) is 0 Å². The van der Waals surface area contributed by atoms with E-state index >= 15 is 0 Å². The molecule has 27 heavy (non-hydrogen) atoms.